The van der Waals surface area contributed by atoms with E-state index in [1.165, 1.54) is 0 Å². The fourth-order valence-corrected chi connectivity index (χ4v) is 2.76. The van der Waals surface area contributed by atoms with E-state index in [1.54, 1.807) is 0 Å². The summed E-state index contributed by atoms with van der Waals surface area (Å²) in [6.07, 6.45) is 2.94. The quantitative estimate of drug-likeness (QED) is 0.796. The molecule has 2 rings (SSSR count). The lowest BCUT2D eigenvalue weighted by atomic mass is 9.83. The van der Waals surface area contributed by atoms with Crippen molar-refractivity contribution < 1.29 is 15.0 Å². The summed E-state index contributed by atoms with van der Waals surface area (Å²) in [5.41, 5.74) is 3.19. The zero-order valence-electron chi connectivity index (χ0n) is 9.60. The average molecular weight is 223 g/mol. The van der Waals surface area contributed by atoms with E-state index in [4.69, 9.17) is 5.11 Å². The Labute approximate surface area is 94.5 Å². The number of hydrogen-bond acceptors (Lipinski definition) is 2. The molecular weight excluding hydrogens is 206 g/mol. The molecule has 4 heteroatoms. The molecule has 0 radical (unpaired) electrons. The number of aliphatic hydroxyl groups excluding tert-OH is 1. The summed E-state index contributed by atoms with van der Waals surface area (Å²) in [6, 6.07) is 0. The highest BCUT2D eigenvalue weighted by Gasteiger charge is 2.30. The van der Waals surface area contributed by atoms with Crippen molar-refractivity contribution >= 4 is 5.97 Å². The molecule has 2 unspecified atom stereocenters. The smallest absolute Gasteiger partial charge is 0.303 e. The number of rotatable bonds is 2. The number of carbonyl (C=O) groups is 1. The normalized spacial score (nSPS) is 24.2. The molecule has 0 saturated carbocycles. The predicted molar refractivity (Wildman–Crippen MR) is 59.2 cm³/mol. The molecule has 0 aliphatic heterocycles. The van der Waals surface area contributed by atoms with Crippen molar-refractivity contribution in [3.8, 4) is 0 Å². The number of carboxylic acids is 1. The number of fused-ring (bicyclic) bond motifs is 1. The summed E-state index contributed by atoms with van der Waals surface area (Å²) in [7, 11) is 1.95. The van der Waals surface area contributed by atoms with Crippen molar-refractivity contribution in [3.63, 3.8) is 0 Å². The molecule has 0 bridgehead atoms. The zero-order chi connectivity index (χ0) is 11.9. The molecule has 0 amide bonds. The van der Waals surface area contributed by atoms with E-state index in [2.05, 4.69) is 0 Å². The number of carboxylic acid groups (broad SMARTS) is 1. The van der Waals surface area contributed by atoms with Crippen LogP contribution < -0.4 is 0 Å². The van der Waals surface area contributed by atoms with E-state index in [1.807, 2.05) is 24.7 Å². The first-order valence-corrected chi connectivity index (χ1v) is 5.53. The molecule has 1 aliphatic rings. The van der Waals surface area contributed by atoms with Gasteiger partial charge >= 0.3 is 5.97 Å². The summed E-state index contributed by atoms with van der Waals surface area (Å²) in [4.78, 5) is 10.7. The maximum absolute atomic E-state index is 10.7. The first-order chi connectivity index (χ1) is 7.49. The average Bonchev–Trinajstić information content (AvgIpc) is 2.41. The highest BCUT2D eigenvalue weighted by molar-refractivity contribution is 5.67. The standard InChI is InChI=1S/C12H17NO3/c1-7-6-13(2)9-3-8(5-11(15)16)4-10(14)12(7)9/h6,8,10,14H,3-5H2,1-2H3,(H,15,16). The molecule has 0 saturated heterocycles. The van der Waals surface area contributed by atoms with Gasteiger partial charge in [-0.2, -0.15) is 0 Å². The van der Waals surface area contributed by atoms with Crippen LogP contribution in [0.4, 0.5) is 0 Å². The van der Waals surface area contributed by atoms with Crippen molar-refractivity contribution in [1.82, 2.24) is 4.57 Å². The molecule has 4 nitrogen and oxygen atoms in total. The highest BCUT2D eigenvalue weighted by Crippen LogP contribution is 2.37. The van der Waals surface area contributed by atoms with Crippen LogP contribution in [-0.4, -0.2) is 20.7 Å². The van der Waals surface area contributed by atoms with Gasteiger partial charge in [0.1, 0.15) is 0 Å². The van der Waals surface area contributed by atoms with Crippen LogP contribution in [0.3, 0.4) is 0 Å². The largest absolute Gasteiger partial charge is 0.481 e. The fourth-order valence-electron chi connectivity index (χ4n) is 2.76. The van der Waals surface area contributed by atoms with Gasteiger partial charge in [0.05, 0.1) is 6.10 Å². The van der Waals surface area contributed by atoms with Crippen LogP contribution in [0.2, 0.25) is 0 Å². The van der Waals surface area contributed by atoms with Gasteiger partial charge in [-0.3, -0.25) is 4.79 Å². The van der Waals surface area contributed by atoms with Crippen LogP contribution in [0.15, 0.2) is 6.20 Å². The van der Waals surface area contributed by atoms with Gasteiger partial charge in [0.2, 0.25) is 0 Å². The second-order valence-corrected chi connectivity index (χ2v) is 4.70. The van der Waals surface area contributed by atoms with Crippen LogP contribution >= 0.6 is 0 Å². The molecule has 2 N–H and O–H groups in total. The maximum Gasteiger partial charge on any atom is 0.303 e. The van der Waals surface area contributed by atoms with Crippen molar-refractivity contribution in [2.75, 3.05) is 0 Å². The monoisotopic (exact) mass is 223 g/mol. The summed E-state index contributed by atoms with van der Waals surface area (Å²) in [5, 5.41) is 18.8. The molecule has 0 aromatic carbocycles. The molecule has 0 spiro atoms. The molecule has 1 heterocycles. The van der Waals surface area contributed by atoms with Gasteiger partial charge in [0.25, 0.3) is 0 Å². The Kier molecular flexibility index (Phi) is 2.76. The Balaban J connectivity index is 2.28. The minimum absolute atomic E-state index is 0.0491. The lowest BCUT2D eigenvalue weighted by Crippen LogP contribution is -2.22. The van der Waals surface area contributed by atoms with Crippen LogP contribution in [0.1, 0.15) is 35.8 Å². The summed E-state index contributed by atoms with van der Waals surface area (Å²) in [5.74, 6) is -0.736. The lowest BCUT2D eigenvalue weighted by Gasteiger charge is -2.26. The van der Waals surface area contributed by atoms with Crippen LogP contribution in [0.5, 0.6) is 0 Å². The van der Waals surface area contributed by atoms with Crippen LogP contribution in [0.25, 0.3) is 0 Å². The van der Waals surface area contributed by atoms with Gasteiger partial charge in [0, 0.05) is 30.9 Å². The molecule has 1 aromatic rings. The van der Waals surface area contributed by atoms with Crippen molar-refractivity contribution in [2.45, 2.75) is 32.3 Å². The molecule has 16 heavy (non-hydrogen) atoms. The SMILES string of the molecule is Cc1cn(C)c2c1C(O)CC(CC(=O)O)C2. The molecule has 88 valence electrons. The summed E-state index contributed by atoms with van der Waals surface area (Å²) < 4.78 is 2.00. The molecule has 1 aromatic heterocycles. The third-order valence-corrected chi connectivity index (χ3v) is 3.38. The number of aliphatic hydroxyl groups is 1. The number of hydrogen-bond donors (Lipinski definition) is 2. The van der Waals surface area contributed by atoms with Crippen molar-refractivity contribution in [2.24, 2.45) is 13.0 Å². The van der Waals surface area contributed by atoms with E-state index >= 15 is 0 Å². The van der Waals surface area contributed by atoms with Crippen LogP contribution in [-0.2, 0) is 18.3 Å². The van der Waals surface area contributed by atoms with Gasteiger partial charge < -0.3 is 14.8 Å². The van der Waals surface area contributed by atoms with Gasteiger partial charge in [-0.05, 0) is 31.2 Å². The summed E-state index contributed by atoms with van der Waals surface area (Å²) >= 11 is 0. The Morgan fingerprint density at radius 1 is 1.62 bits per heavy atom. The Hall–Kier alpha value is -1.29. The minimum atomic E-state index is -0.786. The Bertz CT molecular complexity index is 422. The van der Waals surface area contributed by atoms with E-state index in [-0.39, 0.29) is 12.3 Å². The van der Waals surface area contributed by atoms with Crippen molar-refractivity contribution in [3.05, 3.63) is 23.0 Å². The Morgan fingerprint density at radius 2 is 2.31 bits per heavy atom. The molecular formula is C12H17NO3. The fraction of sp³-hybridized carbons (Fsp3) is 0.583. The number of nitrogens with zero attached hydrogens (tertiary/aromatic N) is 1. The topological polar surface area (TPSA) is 62.5 Å². The predicted octanol–water partition coefficient (Wildman–Crippen LogP) is 1.40. The molecule has 2 atom stereocenters. The van der Waals surface area contributed by atoms with Crippen LogP contribution in [0, 0.1) is 12.8 Å². The molecule has 1 aliphatic carbocycles. The van der Waals surface area contributed by atoms with Gasteiger partial charge in [-0.15, -0.1) is 0 Å². The van der Waals surface area contributed by atoms with E-state index in [0.717, 1.165) is 23.2 Å². The third kappa shape index (κ3) is 1.85. The first kappa shape index (κ1) is 11.2. The van der Waals surface area contributed by atoms with Crippen molar-refractivity contribution in [1.29, 1.82) is 0 Å². The maximum atomic E-state index is 10.7. The molecule has 0 fully saturated rings. The second-order valence-electron chi connectivity index (χ2n) is 4.70. The summed E-state index contributed by atoms with van der Waals surface area (Å²) in [6.45, 7) is 1.99. The van der Waals surface area contributed by atoms with E-state index < -0.39 is 12.1 Å². The van der Waals surface area contributed by atoms with Gasteiger partial charge in [-0.25, -0.2) is 0 Å². The third-order valence-electron chi connectivity index (χ3n) is 3.38. The zero-order valence-corrected chi connectivity index (χ0v) is 9.60. The van der Waals surface area contributed by atoms with E-state index in [0.29, 0.717) is 6.42 Å². The number of aryl methyl sites for hydroxylation is 2. The number of aliphatic carboxylic acids is 1. The Morgan fingerprint density at radius 3 is 2.94 bits per heavy atom. The van der Waals surface area contributed by atoms with Gasteiger partial charge in [0.15, 0.2) is 0 Å². The van der Waals surface area contributed by atoms with Gasteiger partial charge in [-0.1, -0.05) is 0 Å². The highest BCUT2D eigenvalue weighted by atomic mass is 16.4. The number of aromatic nitrogens is 1. The first-order valence-electron chi connectivity index (χ1n) is 5.53. The second kappa shape index (κ2) is 3.94. The van der Waals surface area contributed by atoms with E-state index in [9.17, 15) is 9.90 Å². The lowest BCUT2D eigenvalue weighted by molar-refractivity contribution is -0.138. The minimum Gasteiger partial charge on any atom is -0.481 e.